The number of fused-ring (bicyclic) bond motifs is 1. The van der Waals surface area contributed by atoms with Gasteiger partial charge in [0.1, 0.15) is 23.3 Å². The fourth-order valence-electron chi connectivity index (χ4n) is 2.95. The van der Waals surface area contributed by atoms with E-state index in [1.807, 2.05) is 12.4 Å². The van der Waals surface area contributed by atoms with Gasteiger partial charge < -0.3 is 9.88 Å². The number of rotatable bonds is 5. The molecule has 7 heteroatoms. The lowest BCUT2D eigenvalue weighted by molar-refractivity contribution is 0.689. The minimum Gasteiger partial charge on any atom is -0.362 e. The zero-order valence-electron chi connectivity index (χ0n) is 13.5. The molecule has 4 aromatic rings. The Hall–Kier alpha value is -2.80. The Kier molecular flexibility index (Phi) is 3.45. The monoisotopic (exact) mass is 348 g/mol. The maximum Gasteiger partial charge on any atom is 0.152 e. The first-order valence-corrected chi connectivity index (χ1v) is 9.12. The standard InChI is InChI=1S/C18H16N6S/c1-2-4-12(5-3-1)15-8-14-17(20-10-21-18(14)25-15)19-9-16-23-22-11-24(16)13-6-7-13/h1-5,8,10-11,13H,6-7,9H2,(H,19,20,21). The summed E-state index contributed by atoms with van der Waals surface area (Å²) in [6.45, 7) is 0.610. The van der Waals surface area contributed by atoms with E-state index in [-0.39, 0.29) is 0 Å². The van der Waals surface area contributed by atoms with Crippen molar-refractivity contribution in [1.82, 2.24) is 24.7 Å². The molecule has 0 bridgehead atoms. The Morgan fingerprint density at radius 3 is 2.88 bits per heavy atom. The summed E-state index contributed by atoms with van der Waals surface area (Å²) < 4.78 is 2.16. The molecule has 1 fully saturated rings. The molecule has 25 heavy (non-hydrogen) atoms. The smallest absolute Gasteiger partial charge is 0.152 e. The molecule has 0 radical (unpaired) electrons. The van der Waals surface area contributed by atoms with Crippen molar-refractivity contribution in [2.75, 3.05) is 5.32 Å². The van der Waals surface area contributed by atoms with E-state index in [0.717, 1.165) is 21.9 Å². The maximum absolute atomic E-state index is 4.43. The summed E-state index contributed by atoms with van der Waals surface area (Å²) in [6.07, 6.45) is 5.87. The first-order valence-electron chi connectivity index (χ1n) is 8.31. The van der Waals surface area contributed by atoms with E-state index in [1.165, 1.54) is 23.3 Å². The van der Waals surface area contributed by atoms with Crippen LogP contribution in [-0.4, -0.2) is 24.7 Å². The van der Waals surface area contributed by atoms with Crippen LogP contribution in [0.2, 0.25) is 0 Å². The van der Waals surface area contributed by atoms with Crippen LogP contribution in [0, 0.1) is 0 Å². The Bertz CT molecular complexity index is 1020. The van der Waals surface area contributed by atoms with Gasteiger partial charge in [0.2, 0.25) is 0 Å². The summed E-state index contributed by atoms with van der Waals surface area (Å²) in [6, 6.07) is 13.1. The molecule has 3 heterocycles. The van der Waals surface area contributed by atoms with Gasteiger partial charge in [0.05, 0.1) is 11.9 Å². The van der Waals surface area contributed by atoms with Gasteiger partial charge in [0.25, 0.3) is 0 Å². The van der Waals surface area contributed by atoms with E-state index in [9.17, 15) is 0 Å². The molecule has 0 aliphatic heterocycles. The largest absolute Gasteiger partial charge is 0.362 e. The first-order chi connectivity index (χ1) is 12.4. The van der Waals surface area contributed by atoms with Crippen molar-refractivity contribution in [1.29, 1.82) is 0 Å². The van der Waals surface area contributed by atoms with Crippen LogP contribution in [0.4, 0.5) is 5.82 Å². The van der Waals surface area contributed by atoms with Crippen molar-refractivity contribution in [3.05, 3.63) is 54.9 Å². The van der Waals surface area contributed by atoms with E-state index in [1.54, 1.807) is 17.7 Å². The molecule has 1 aliphatic rings. The van der Waals surface area contributed by atoms with Crippen molar-refractivity contribution in [3.63, 3.8) is 0 Å². The van der Waals surface area contributed by atoms with Gasteiger partial charge in [-0.3, -0.25) is 0 Å². The summed E-state index contributed by atoms with van der Waals surface area (Å²) >= 11 is 1.68. The molecule has 1 N–H and O–H groups in total. The Labute approximate surface area is 148 Å². The molecular weight excluding hydrogens is 332 g/mol. The Morgan fingerprint density at radius 1 is 1.16 bits per heavy atom. The first kappa shape index (κ1) is 14.5. The van der Waals surface area contributed by atoms with E-state index < -0.39 is 0 Å². The molecule has 1 aromatic carbocycles. The normalized spacial score (nSPS) is 14.1. The summed E-state index contributed by atoms with van der Waals surface area (Å²) in [7, 11) is 0. The van der Waals surface area contributed by atoms with Gasteiger partial charge in [-0.25, -0.2) is 9.97 Å². The highest BCUT2D eigenvalue weighted by atomic mass is 32.1. The van der Waals surface area contributed by atoms with Gasteiger partial charge >= 0.3 is 0 Å². The summed E-state index contributed by atoms with van der Waals surface area (Å²) in [5.41, 5.74) is 1.20. The molecule has 0 saturated heterocycles. The van der Waals surface area contributed by atoms with E-state index in [0.29, 0.717) is 12.6 Å². The minimum atomic E-state index is 0.572. The highest BCUT2D eigenvalue weighted by Gasteiger charge is 2.26. The molecule has 3 aromatic heterocycles. The zero-order valence-corrected chi connectivity index (χ0v) is 14.3. The molecule has 1 aliphatic carbocycles. The van der Waals surface area contributed by atoms with Crippen LogP contribution in [0.3, 0.4) is 0 Å². The van der Waals surface area contributed by atoms with Crippen LogP contribution in [0.25, 0.3) is 20.7 Å². The third-order valence-electron chi connectivity index (χ3n) is 4.39. The van der Waals surface area contributed by atoms with E-state index >= 15 is 0 Å². The van der Waals surface area contributed by atoms with Gasteiger partial charge in [-0.1, -0.05) is 30.3 Å². The van der Waals surface area contributed by atoms with Crippen LogP contribution in [0.15, 0.2) is 49.1 Å². The third-order valence-corrected chi connectivity index (χ3v) is 5.48. The minimum absolute atomic E-state index is 0.572. The van der Waals surface area contributed by atoms with Crippen molar-refractivity contribution in [2.24, 2.45) is 0 Å². The number of nitrogens with one attached hydrogen (secondary N) is 1. The van der Waals surface area contributed by atoms with Crippen LogP contribution in [0.5, 0.6) is 0 Å². The van der Waals surface area contributed by atoms with E-state index in [2.05, 4.69) is 60.4 Å². The highest BCUT2D eigenvalue weighted by molar-refractivity contribution is 7.21. The predicted molar refractivity (Wildman–Crippen MR) is 98.5 cm³/mol. The molecule has 124 valence electrons. The fourth-order valence-corrected chi connectivity index (χ4v) is 3.96. The van der Waals surface area contributed by atoms with Crippen LogP contribution in [-0.2, 0) is 6.54 Å². The number of thiophene rings is 1. The highest BCUT2D eigenvalue weighted by Crippen LogP contribution is 2.36. The number of nitrogens with zero attached hydrogens (tertiary/aromatic N) is 5. The molecule has 6 nitrogen and oxygen atoms in total. The Morgan fingerprint density at radius 2 is 2.04 bits per heavy atom. The van der Waals surface area contributed by atoms with E-state index in [4.69, 9.17) is 0 Å². The second kappa shape index (κ2) is 5.93. The number of aromatic nitrogens is 5. The second-order valence-electron chi connectivity index (χ2n) is 6.16. The second-order valence-corrected chi connectivity index (χ2v) is 7.19. The lowest BCUT2D eigenvalue weighted by atomic mass is 10.2. The molecule has 5 rings (SSSR count). The molecule has 0 spiro atoms. The molecule has 0 unspecified atom stereocenters. The average molecular weight is 348 g/mol. The van der Waals surface area contributed by atoms with Crippen LogP contribution >= 0.6 is 11.3 Å². The van der Waals surface area contributed by atoms with Gasteiger partial charge in [-0.05, 0) is 24.5 Å². The van der Waals surface area contributed by atoms with Gasteiger partial charge in [0.15, 0.2) is 5.82 Å². The van der Waals surface area contributed by atoms with Gasteiger partial charge in [0, 0.05) is 10.9 Å². The summed E-state index contributed by atoms with van der Waals surface area (Å²) in [5, 5.41) is 12.7. The fraction of sp³-hybridized carbons (Fsp3) is 0.222. The summed E-state index contributed by atoms with van der Waals surface area (Å²) in [4.78, 5) is 11.0. The van der Waals surface area contributed by atoms with Crippen LogP contribution in [0.1, 0.15) is 24.7 Å². The van der Waals surface area contributed by atoms with Crippen molar-refractivity contribution >= 4 is 27.4 Å². The van der Waals surface area contributed by atoms with Gasteiger partial charge in [-0.15, -0.1) is 21.5 Å². The topological polar surface area (TPSA) is 68.5 Å². The van der Waals surface area contributed by atoms with Gasteiger partial charge in [-0.2, -0.15) is 0 Å². The quantitative estimate of drug-likeness (QED) is 0.592. The number of hydrogen-bond donors (Lipinski definition) is 1. The lowest BCUT2D eigenvalue weighted by Gasteiger charge is -2.07. The SMILES string of the molecule is c1ccc(-c2cc3c(NCc4nncn4C4CC4)ncnc3s2)cc1. The van der Waals surface area contributed by atoms with Crippen LogP contribution < -0.4 is 5.32 Å². The van der Waals surface area contributed by atoms with Crippen molar-refractivity contribution in [2.45, 2.75) is 25.4 Å². The molecule has 0 atom stereocenters. The number of benzene rings is 1. The lowest BCUT2D eigenvalue weighted by Crippen LogP contribution is -2.08. The predicted octanol–water partition coefficient (Wildman–Crippen LogP) is 3.90. The van der Waals surface area contributed by atoms with Crippen molar-refractivity contribution in [3.8, 4) is 10.4 Å². The van der Waals surface area contributed by atoms with Crippen molar-refractivity contribution < 1.29 is 0 Å². The zero-order chi connectivity index (χ0) is 16.6. The molecule has 1 saturated carbocycles. The third kappa shape index (κ3) is 2.76. The summed E-state index contributed by atoms with van der Waals surface area (Å²) in [5.74, 6) is 1.79. The number of hydrogen-bond acceptors (Lipinski definition) is 6. The molecular formula is C18H16N6S. The maximum atomic E-state index is 4.43. The molecule has 0 amide bonds. The number of anilines is 1. The average Bonchev–Trinajstić information content (AvgIpc) is 3.22. The Balaban J connectivity index is 1.45.